The van der Waals surface area contributed by atoms with Crippen molar-refractivity contribution in [2.75, 3.05) is 22.6 Å². The summed E-state index contributed by atoms with van der Waals surface area (Å²) in [7, 11) is 2.00. The number of hydrogen-bond acceptors (Lipinski definition) is 4. The highest BCUT2D eigenvalue weighted by Crippen LogP contribution is 2.51. The lowest BCUT2D eigenvalue weighted by atomic mass is 9.83. The molecule has 0 radical (unpaired) electrons. The molecule has 2 heterocycles. The Kier molecular flexibility index (Phi) is 3.09. The standard InChI is InChI=1S/C21H23N3O2/c1-12-22-19-17(24(12)2)9-16(20(25)26)15-7-8-21(23-18(15)19)10-13-5-3-4-6-14(13)11-21/h3-5,9,11-12,22-23H,6-8,10H2,1-2H3,(H,25,26). The summed E-state index contributed by atoms with van der Waals surface area (Å²) >= 11 is 0. The quantitative estimate of drug-likeness (QED) is 0.717. The van der Waals surface area contributed by atoms with E-state index in [1.165, 1.54) is 11.1 Å². The molecule has 0 aromatic heterocycles. The second kappa shape index (κ2) is 5.16. The highest BCUT2D eigenvalue weighted by Gasteiger charge is 2.42. The number of allylic oxidation sites excluding steroid dienone is 4. The van der Waals surface area contributed by atoms with E-state index in [1.54, 1.807) is 0 Å². The van der Waals surface area contributed by atoms with Crippen molar-refractivity contribution in [3.05, 3.63) is 52.6 Å². The average Bonchev–Trinajstić information content (AvgIpc) is 3.11. The van der Waals surface area contributed by atoms with Gasteiger partial charge in [0.1, 0.15) is 0 Å². The van der Waals surface area contributed by atoms with Gasteiger partial charge in [0.25, 0.3) is 0 Å². The zero-order valence-corrected chi connectivity index (χ0v) is 15.1. The molecular weight excluding hydrogens is 326 g/mol. The lowest BCUT2D eigenvalue weighted by Crippen LogP contribution is -2.39. The van der Waals surface area contributed by atoms with Crippen LogP contribution < -0.4 is 15.5 Å². The Morgan fingerprint density at radius 3 is 2.96 bits per heavy atom. The molecule has 0 fully saturated rings. The number of rotatable bonds is 1. The van der Waals surface area contributed by atoms with Gasteiger partial charge in [-0.15, -0.1) is 0 Å². The zero-order chi connectivity index (χ0) is 18.1. The maximum atomic E-state index is 11.9. The van der Waals surface area contributed by atoms with Gasteiger partial charge in [-0.3, -0.25) is 0 Å². The Morgan fingerprint density at radius 1 is 1.35 bits per heavy atom. The van der Waals surface area contributed by atoms with E-state index in [4.69, 9.17) is 0 Å². The van der Waals surface area contributed by atoms with Gasteiger partial charge in [0.05, 0.1) is 34.3 Å². The number of fused-ring (bicyclic) bond motifs is 4. The highest BCUT2D eigenvalue weighted by atomic mass is 16.4. The van der Waals surface area contributed by atoms with Crippen LogP contribution in [0.1, 0.15) is 42.1 Å². The molecule has 4 aliphatic rings. The minimum atomic E-state index is -0.847. The summed E-state index contributed by atoms with van der Waals surface area (Å²) in [4.78, 5) is 14.0. The van der Waals surface area contributed by atoms with Gasteiger partial charge in [-0.05, 0) is 55.4 Å². The summed E-state index contributed by atoms with van der Waals surface area (Å²) in [5, 5.41) is 17.1. The first-order valence-electron chi connectivity index (χ1n) is 9.26. The first-order chi connectivity index (χ1) is 12.5. The van der Waals surface area contributed by atoms with Crippen LogP contribution in [-0.2, 0) is 6.42 Å². The third-order valence-corrected chi connectivity index (χ3v) is 6.29. The minimum Gasteiger partial charge on any atom is -0.478 e. The van der Waals surface area contributed by atoms with Gasteiger partial charge in [0.2, 0.25) is 0 Å². The lowest BCUT2D eigenvalue weighted by Gasteiger charge is -2.37. The Hall–Kier alpha value is -2.69. The Labute approximate surface area is 153 Å². The van der Waals surface area contributed by atoms with Crippen LogP contribution in [0.4, 0.5) is 17.1 Å². The molecule has 0 amide bonds. The largest absolute Gasteiger partial charge is 0.478 e. The third-order valence-electron chi connectivity index (χ3n) is 6.29. The zero-order valence-electron chi connectivity index (χ0n) is 15.1. The van der Waals surface area contributed by atoms with Crippen molar-refractivity contribution in [3.63, 3.8) is 0 Å². The Morgan fingerprint density at radius 2 is 2.19 bits per heavy atom. The van der Waals surface area contributed by atoms with Crippen molar-refractivity contribution in [3.8, 4) is 0 Å². The van der Waals surface area contributed by atoms with Gasteiger partial charge >= 0.3 is 5.97 Å². The second-order valence-corrected chi connectivity index (χ2v) is 7.86. The molecule has 5 heteroatoms. The summed E-state index contributed by atoms with van der Waals surface area (Å²) in [6.07, 6.45) is 12.8. The highest BCUT2D eigenvalue weighted by molar-refractivity contribution is 6.00. The summed E-state index contributed by atoms with van der Waals surface area (Å²) in [5.41, 5.74) is 7.05. The van der Waals surface area contributed by atoms with Crippen LogP contribution in [0.15, 0.2) is 41.5 Å². The SMILES string of the molecule is CC1Nc2c(cc(C(=O)O)c3c2NC2(C=C4CC=CC=C4C2)CC3)N1C. The van der Waals surface area contributed by atoms with E-state index in [-0.39, 0.29) is 11.7 Å². The maximum Gasteiger partial charge on any atom is 0.336 e. The van der Waals surface area contributed by atoms with Crippen molar-refractivity contribution in [2.24, 2.45) is 0 Å². The Bertz CT molecular complexity index is 928. The van der Waals surface area contributed by atoms with Gasteiger partial charge in [0, 0.05) is 7.05 Å². The van der Waals surface area contributed by atoms with Crippen LogP contribution >= 0.6 is 0 Å². The molecule has 1 spiro atoms. The number of hydrogen-bond donors (Lipinski definition) is 3. The van der Waals surface area contributed by atoms with Gasteiger partial charge < -0.3 is 20.6 Å². The van der Waals surface area contributed by atoms with E-state index < -0.39 is 5.97 Å². The lowest BCUT2D eigenvalue weighted by molar-refractivity contribution is 0.0695. The van der Waals surface area contributed by atoms with Gasteiger partial charge in [-0.1, -0.05) is 24.3 Å². The summed E-state index contributed by atoms with van der Waals surface area (Å²) < 4.78 is 0. The van der Waals surface area contributed by atoms with Crippen molar-refractivity contribution in [1.29, 1.82) is 0 Å². The van der Waals surface area contributed by atoms with Crippen molar-refractivity contribution in [2.45, 2.75) is 44.3 Å². The fourth-order valence-corrected chi connectivity index (χ4v) is 4.80. The van der Waals surface area contributed by atoms with Gasteiger partial charge in [0.15, 0.2) is 0 Å². The molecule has 2 atom stereocenters. The van der Waals surface area contributed by atoms with Crippen molar-refractivity contribution >= 4 is 23.0 Å². The molecule has 3 N–H and O–H groups in total. The molecule has 1 aromatic carbocycles. The number of aromatic carboxylic acids is 1. The minimum absolute atomic E-state index is 0.100. The van der Waals surface area contributed by atoms with E-state index in [9.17, 15) is 9.90 Å². The topological polar surface area (TPSA) is 64.6 Å². The Balaban J connectivity index is 1.63. The molecule has 1 aromatic rings. The number of nitrogens with one attached hydrogen (secondary N) is 2. The third kappa shape index (κ3) is 2.06. The molecule has 0 saturated heterocycles. The van der Waals surface area contributed by atoms with Crippen LogP contribution in [0.2, 0.25) is 0 Å². The number of carbonyl (C=O) groups is 1. The number of anilines is 3. The maximum absolute atomic E-state index is 11.9. The molecule has 2 aliphatic heterocycles. The predicted molar refractivity (Wildman–Crippen MR) is 104 cm³/mol. The van der Waals surface area contributed by atoms with Gasteiger partial charge in [-0.2, -0.15) is 0 Å². The van der Waals surface area contributed by atoms with E-state index >= 15 is 0 Å². The second-order valence-electron chi connectivity index (χ2n) is 7.86. The molecule has 2 unspecified atom stereocenters. The predicted octanol–water partition coefficient (Wildman–Crippen LogP) is 3.91. The number of nitrogens with zero attached hydrogens (tertiary/aromatic N) is 1. The van der Waals surface area contributed by atoms with Crippen LogP contribution in [0.25, 0.3) is 0 Å². The first kappa shape index (κ1) is 15.6. The van der Waals surface area contributed by atoms with Crippen molar-refractivity contribution in [1.82, 2.24) is 0 Å². The molecule has 134 valence electrons. The normalized spacial score (nSPS) is 27.9. The van der Waals surface area contributed by atoms with Crippen LogP contribution in [0.5, 0.6) is 0 Å². The van der Waals surface area contributed by atoms with Crippen LogP contribution in [-0.4, -0.2) is 29.8 Å². The van der Waals surface area contributed by atoms with E-state index in [1.807, 2.05) is 13.1 Å². The first-order valence-corrected chi connectivity index (χ1v) is 9.26. The summed E-state index contributed by atoms with van der Waals surface area (Å²) in [5.74, 6) is -0.847. The molecular formula is C21H23N3O2. The van der Waals surface area contributed by atoms with E-state index in [2.05, 4.69) is 46.8 Å². The fourth-order valence-electron chi connectivity index (χ4n) is 4.80. The smallest absolute Gasteiger partial charge is 0.336 e. The molecule has 0 saturated carbocycles. The number of benzene rings is 1. The van der Waals surface area contributed by atoms with Gasteiger partial charge in [-0.25, -0.2) is 4.79 Å². The summed E-state index contributed by atoms with van der Waals surface area (Å²) in [6.45, 7) is 2.09. The number of carboxylic acid groups (broad SMARTS) is 1. The fraction of sp³-hybridized carbons (Fsp3) is 0.381. The molecule has 2 aliphatic carbocycles. The average molecular weight is 349 g/mol. The van der Waals surface area contributed by atoms with E-state index in [0.717, 1.165) is 48.3 Å². The van der Waals surface area contributed by atoms with Crippen molar-refractivity contribution < 1.29 is 9.90 Å². The monoisotopic (exact) mass is 349 g/mol. The van der Waals surface area contributed by atoms with Crippen LogP contribution in [0, 0.1) is 0 Å². The van der Waals surface area contributed by atoms with Crippen LogP contribution in [0.3, 0.4) is 0 Å². The molecule has 26 heavy (non-hydrogen) atoms. The number of carboxylic acids is 1. The molecule has 5 nitrogen and oxygen atoms in total. The summed E-state index contributed by atoms with van der Waals surface area (Å²) in [6, 6.07) is 1.83. The van der Waals surface area contributed by atoms with E-state index in [0.29, 0.717) is 5.56 Å². The molecule has 0 bridgehead atoms. The molecule has 5 rings (SSSR count).